The van der Waals surface area contributed by atoms with E-state index in [2.05, 4.69) is 10.6 Å². The molecule has 0 bridgehead atoms. The maximum atomic E-state index is 11.5. The second kappa shape index (κ2) is 5.89. The molecule has 1 aromatic carbocycles. The summed E-state index contributed by atoms with van der Waals surface area (Å²) in [5, 5.41) is 5.29. The van der Waals surface area contributed by atoms with Crippen LogP contribution in [-0.2, 0) is 0 Å². The molecule has 0 unspecified atom stereocenters. The molecule has 0 aliphatic heterocycles. The van der Waals surface area contributed by atoms with Gasteiger partial charge in [0.25, 0.3) is 5.91 Å². The lowest BCUT2D eigenvalue weighted by Crippen LogP contribution is -2.32. The van der Waals surface area contributed by atoms with Crippen molar-refractivity contribution < 1.29 is 9.59 Å². The smallest absolute Gasteiger partial charge is 0.319 e. The third kappa shape index (κ3) is 4.14. The molecule has 4 N–H and O–H groups in total. The number of urea groups is 1. The van der Waals surface area contributed by atoms with E-state index < -0.39 is 5.91 Å². The summed E-state index contributed by atoms with van der Waals surface area (Å²) >= 11 is 0. The minimum atomic E-state index is -0.565. The fraction of sp³-hybridized carbons (Fsp3) is 0.333. The zero-order chi connectivity index (χ0) is 12.8. The first-order valence-corrected chi connectivity index (χ1v) is 5.44. The molecule has 0 atom stereocenters. The van der Waals surface area contributed by atoms with Crippen molar-refractivity contribution in [2.24, 2.45) is 11.7 Å². The van der Waals surface area contributed by atoms with E-state index in [1.54, 1.807) is 24.3 Å². The number of amides is 3. The maximum Gasteiger partial charge on any atom is 0.319 e. The maximum absolute atomic E-state index is 11.5. The van der Waals surface area contributed by atoms with Crippen molar-refractivity contribution in [3.05, 3.63) is 29.8 Å². The number of nitrogens with one attached hydrogen (secondary N) is 2. The Bertz CT molecular complexity index is 416. The van der Waals surface area contributed by atoms with Crippen LogP contribution in [0.3, 0.4) is 0 Å². The average Bonchev–Trinajstić information content (AvgIpc) is 2.27. The number of rotatable bonds is 4. The Morgan fingerprint density at radius 1 is 1.29 bits per heavy atom. The second-order valence-electron chi connectivity index (χ2n) is 4.14. The highest BCUT2D eigenvalue weighted by molar-refractivity contribution is 6.02. The van der Waals surface area contributed by atoms with Gasteiger partial charge in [0.1, 0.15) is 0 Å². The summed E-state index contributed by atoms with van der Waals surface area (Å²) in [4.78, 5) is 22.6. The number of carbonyl (C=O) groups is 2. The monoisotopic (exact) mass is 235 g/mol. The Balaban J connectivity index is 2.68. The number of benzene rings is 1. The lowest BCUT2D eigenvalue weighted by molar-refractivity contribution is 0.100. The van der Waals surface area contributed by atoms with Crippen LogP contribution in [-0.4, -0.2) is 18.5 Å². The van der Waals surface area contributed by atoms with Crippen molar-refractivity contribution in [2.75, 3.05) is 11.9 Å². The number of primary amides is 1. The van der Waals surface area contributed by atoms with Crippen molar-refractivity contribution in [3.63, 3.8) is 0 Å². The van der Waals surface area contributed by atoms with Crippen LogP contribution in [0.4, 0.5) is 10.5 Å². The molecule has 0 aromatic heterocycles. The van der Waals surface area contributed by atoms with Crippen molar-refractivity contribution >= 4 is 17.6 Å². The number of para-hydroxylation sites is 1. The molecular formula is C12H17N3O2. The van der Waals surface area contributed by atoms with Gasteiger partial charge in [0.15, 0.2) is 0 Å². The molecule has 92 valence electrons. The second-order valence-corrected chi connectivity index (χ2v) is 4.14. The van der Waals surface area contributed by atoms with Crippen LogP contribution in [0, 0.1) is 5.92 Å². The first kappa shape index (κ1) is 13.0. The van der Waals surface area contributed by atoms with E-state index in [1.807, 2.05) is 13.8 Å². The van der Waals surface area contributed by atoms with Gasteiger partial charge in [-0.05, 0) is 18.1 Å². The highest BCUT2D eigenvalue weighted by atomic mass is 16.2. The molecule has 0 aliphatic rings. The molecule has 0 fully saturated rings. The molecule has 5 nitrogen and oxygen atoms in total. The van der Waals surface area contributed by atoms with Gasteiger partial charge in [0, 0.05) is 6.54 Å². The van der Waals surface area contributed by atoms with E-state index in [1.165, 1.54) is 0 Å². The van der Waals surface area contributed by atoms with Crippen LogP contribution in [0.15, 0.2) is 24.3 Å². The molecule has 0 aliphatic carbocycles. The van der Waals surface area contributed by atoms with E-state index in [0.717, 1.165) is 0 Å². The van der Waals surface area contributed by atoms with Crippen LogP contribution in [0.5, 0.6) is 0 Å². The van der Waals surface area contributed by atoms with E-state index in [0.29, 0.717) is 23.7 Å². The fourth-order valence-corrected chi connectivity index (χ4v) is 1.27. The van der Waals surface area contributed by atoms with Gasteiger partial charge in [-0.2, -0.15) is 0 Å². The third-order valence-corrected chi connectivity index (χ3v) is 2.11. The quantitative estimate of drug-likeness (QED) is 0.740. The van der Waals surface area contributed by atoms with Gasteiger partial charge in [-0.25, -0.2) is 4.79 Å². The largest absolute Gasteiger partial charge is 0.366 e. The Morgan fingerprint density at radius 2 is 1.94 bits per heavy atom. The standard InChI is InChI=1S/C12H17N3O2/c1-8(2)7-14-12(17)15-10-6-4-3-5-9(10)11(13)16/h3-6,8H,7H2,1-2H3,(H2,13,16)(H2,14,15,17). The van der Waals surface area contributed by atoms with Gasteiger partial charge in [-0.3, -0.25) is 4.79 Å². The van der Waals surface area contributed by atoms with Crippen LogP contribution >= 0.6 is 0 Å². The topological polar surface area (TPSA) is 84.2 Å². The van der Waals surface area contributed by atoms with Crippen molar-refractivity contribution in [3.8, 4) is 0 Å². The molecule has 1 aromatic rings. The number of nitrogens with two attached hydrogens (primary N) is 1. The Hall–Kier alpha value is -2.04. The predicted molar refractivity (Wildman–Crippen MR) is 66.8 cm³/mol. The molecule has 0 saturated carbocycles. The van der Waals surface area contributed by atoms with Crippen molar-refractivity contribution in [1.82, 2.24) is 5.32 Å². The Kier molecular flexibility index (Phi) is 4.51. The van der Waals surface area contributed by atoms with E-state index in [4.69, 9.17) is 5.73 Å². The summed E-state index contributed by atoms with van der Waals surface area (Å²) in [6.45, 7) is 4.57. The summed E-state index contributed by atoms with van der Waals surface area (Å²) in [5.74, 6) is -0.197. The van der Waals surface area contributed by atoms with Crippen LogP contribution in [0.25, 0.3) is 0 Å². The fourth-order valence-electron chi connectivity index (χ4n) is 1.27. The Labute approximate surface area is 100 Å². The summed E-state index contributed by atoms with van der Waals surface area (Å²) < 4.78 is 0. The number of carbonyl (C=O) groups excluding carboxylic acids is 2. The Morgan fingerprint density at radius 3 is 2.53 bits per heavy atom. The van der Waals surface area contributed by atoms with E-state index >= 15 is 0 Å². The van der Waals surface area contributed by atoms with Gasteiger partial charge < -0.3 is 16.4 Å². The lowest BCUT2D eigenvalue weighted by Gasteiger charge is -2.11. The molecule has 0 radical (unpaired) electrons. The first-order valence-electron chi connectivity index (χ1n) is 5.44. The summed E-state index contributed by atoms with van der Waals surface area (Å²) in [5.41, 5.74) is 5.92. The number of hydrogen-bond acceptors (Lipinski definition) is 2. The zero-order valence-electron chi connectivity index (χ0n) is 9.99. The van der Waals surface area contributed by atoms with Crippen LogP contribution < -0.4 is 16.4 Å². The highest BCUT2D eigenvalue weighted by Crippen LogP contribution is 2.13. The van der Waals surface area contributed by atoms with Crippen molar-refractivity contribution in [1.29, 1.82) is 0 Å². The average molecular weight is 235 g/mol. The molecule has 5 heteroatoms. The van der Waals surface area contributed by atoms with Crippen LogP contribution in [0.1, 0.15) is 24.2 Å². The van der Waals surface area contributed by atoms with Gasteiger partial charge in [-0.1, -0.05) is 26.0 Å². The predicted octanol–water partition coefficient (Wildman–Crippen LogP) is 1.56. The van der Waals surface area contributed by atoms with Gasteiger partial charge in [0.05, 0.1) is 11.3 Å². The summed E-state index contributed by atoms with van der Waals surface area (Å²) in [6.07, 6.45) is 0. The number of anilines is 1. The van der Waals surface area contributed by atoms with Gasteiger partial charge in [0.2, 0.25) is 0 Å². The SMILES string of the molecule is CC(C)CNC(=O)Nc1ccccc1C(N)=O. The van der Waals surface area contributed by atoms with E-state index in [9.17, 15) is 9.59 Å². The molecule has 3 amide bonds. The van der Waals surface area contributed by atoms with Gasteiger partial charge in [-0.15, -0.1) is 0 Å². The molecular weight excluding hydrogens is 218 g/mol. The first-order chi connectivity index (χ1) is 8.00. The molecule has 0 saturated heterocycles. The molecule has 1 rings (SSSR count). The minimum Gasteiger partial charge on any atom is -0.366 e. The van der Waals surface area contributed by atoms with Crippen LogP contribution in [0.2, 0.25) is 0 Å². The summed E-state index contributed by atoms with van der Waals surface area (Å²) in [7, 11) is 0. The molecule has 17 heavy (non-hydrogen) atoms. The molecule has 0 spiro atoms. The van der Waals surface area contributed by atoms with Gasteiger partial charge >= 0.3 is 6.03 Å². The zero-order valence-corrected chi connectivity index (χ0v) is 9.99. The van der Waals surface area contributed by atoms with E-state index in [-0.39, 0.29) is 6.03 Å². The van der Waals surface area contributed by atoms with Crippen molar-refractivity contribution in [2.45, 2.75) is 13.8 Å². The third-order valence-electron chi connectivity index (χ3n) is 2.11. The molecule has 0 heterocycles. The summed E-state index contributed by atoms with van der Waals surface area (Å²) in [6, 6.07) is 6.28. The lowest BCUT2D eigenvalue weighted by atomic mass is 10.1. The number of hydrogen-bond donors (Lipinski definition) is 3. The minimum absolute atomic E-state index is 0.298. The highest BCUT2D eigenvalue weighted by Gasteiger charge is 2.09. The normalized spacial score (nSPS) is 10.1.